The lowest BCUT2D eigenvalue weighted by molar-refractivity contribution is -0.141. The van der Waals surface area contributed by atoms with Crippen molar-refractivity contribution < 1.29 is 18.0 Å². The van der Waals surface area contributed by atoms with E-state index >= 15 is 0 Å². The Hall–Kier alpha value is -3.56. The minimum atomic E-state index is -4.53. The number of carbonyl (C=O) groups excluding carboxylic acids is 1. The number of hydrogen-bond acceptors (Lipinski definition) is 6. The molecule has 1 aromatic carbocycles. The van der Waals surface area contributed by atoms with Gasteiger partial charge in [0.1, 0.15) is 11.5 Å². The zero-order valence-electron chi connectivity index (χ0n) is 16.8. The average Bonchev–Trinajstić information content (AvgIpc) is 3.40. The van der Waals surface area contributed by atoms with Gasteiger partial charge in [-0.1, -0.05) is 30.3 Å². The third kappa shape index (κ3) is 3.76. The van der Waals surface area contributed by atoms with Gasteiger partial charge in [0, 0.05) is 30.5 Å². The van der Waals surface area contributed by atoms with Gasteiger partial charge in [-0.15, -0.1) is 0 Å². The number of nitrogens with zero attached hydrogens (tertiary/aromatic N) is 5. The number of nitrogens with one attached hydrogen (secondary N) is 1. The molecule has 3 aromatic rings. The Morgan fingerprint density at radius 1 is 1.00 bits per heavy atom. The molecule has 1 amide bonds. The maximum atomic E-state index is 13.4. The van der Waals surface area contributed by atoms with Gasteiger partial charge in [0.25, 0.3) is 5.91 Å². The molecular formula is C22H19F3N6O. The molecule has 164 valence electrons. The molecule has 10 heteroatoms. The van der Waals surface area contributed by atoms with Gasteiger partial charge in [0.15, 0.2) is 11.4 Å². The molecule has 7 nitrogen and oxygen atoms in total. The summed E-state index contributed by atoms with van der Waals surface area (Å²) in [6, 6.07) is 9.17. The Balaban J connectivity index is 1.35. The summed E-state index contributed by atoms with van der Waals surface area (Å²) in [4.78, 5) is 31.2. The number of likely N-dealkylation sites (tertiary alicyclic amines) is 1. The first kappa shape index (κ1) is 20.3. The van der Waals surface area contributed by atoms with Crippen LogP contribution >= 0.6 is 0 Å². The number of hydrogen-bond donors (Lipinski definition) is 1. The number of fused-ring (bicyclic) bond motifs is 2. The van der Waals surface area contributed by atoms with Crippen molar-refractivity contribution >= 4 is 11.7 Å². The van der Waals surface area contributed by atoms with Gasteiger partial charge in [-0.3, -0.25) is 9.78 Å². The van der Waals surface area contributed by atoms with Crippen molar-refractivity contribution in [3.05, 3.63) is 66.5 Å². The summed E-state index contributed by atoms with van der Waals surface area (Å²) in [5.41, 5.74) is 0.588. The molecule has 1 aliphatic carbocycles. The van der Waals surface area contributed by atoms with E-state index in [-0.39, 0.29) is 23.8 Å². The van der Waals surface area contributed by atoms with Gasteiger partial charge >= 0.3 is 6.18 Å². The molecule has 1 saturated carbocycles. The molecular weight excluding hydrogens is 421 g/mol. The van der Waals surface area contributed by atoms with E-state index in [1.165, 1.54) is 6.20 Å². The quantitative estimate of drug-likeness (QED) is 0.667. The third-order valence-corrected chi connectivity index (χ3v) is 5.97. The summed E-state index contributed by atoms with van der Waals surface area (Å²) in [7, 11) is 0. The molecule has 32 heavy (non-hydrogen) atoms. The van der Waals surface area contributed by atoms with Gasteiger partial charge < -0.3 is 10.2 Å². The van der Waals surface area contributed by atoms with Crippen LogP contribution in [0.15, 0.2) is 55.1 Å². The topological polar surface area (TPSA) is 83.9 Å². The van der Waals surface area contributed by atoms with Crippen molar-refractivity contribution in [3.63, 3.8) is 0 Å². The monoisotopic (exact) mass is 440 g/mol. The van der Waals surface area contributed by atoms with E-state index < -0.39 is 11.9 Å². The van der Waals surface area contributed by atoms with Crippen molar-refractivity contribution in [2.24, 2.45) is 5.92 Å². The zero-order chi connectivity index (χ0) is 22.3. The van der Waals surface area contributed by atoms with Crippen molar-refractivity contribution in [1.29, 1.82) is 0 Å². The average molecular weight is 440 g/mol. The van der Waals surface area contributed by atoms with Crippen LogP contribution in [0.1, 0.15) is 29.0 Å². The van der Waals surface area contributed by atoms with Gasteiger partial charge in [-0.05, 0) is 18.8 Å². The maximum Gasteiger partial charge on any atom is 0.434 e. The second-order valence-electron chi connectivity index (χ2n) is 8.02. The van der Waals surface area contributed by atoms with Crippen LogP contribution in [-0.2, 0) is 6.18 Å². The van der Waals surface area contributed by atoms with Gasteiger partial charge in [-0.25, -0.2) is 15.0 Å². The minimum absolute atomic E-state index is 0.109. The van der Waals surface area contributed by atoms with Crippen LogP contribution in [0.5, 0.6) is 0 Å². The predicted octanol–water partition coefficient (Wildman–Crippen LogP) is 3.67. The van der Waals surface area contributed by atoms with Crippen LogP contribution in [0.2, 0.25) is 0 Å². The highest BCUT2D eigenvalue weighted by Crippen LogP contribution is 2.40. The number of amides is 1. The molecule has 2 fully saturated rings. The lowest BCUT2D eigenvalue weighted by atomic mass is 10.0. The van der Waals surface area contributed by atoms with E-state index in [2.05, 4.69) is 25.3 Å². The normalized spacial score (nSPS) is 22.2. The number of halogens is 3. The first-order valence-electron chi connectivity index (χ1n) is 10.2. The largest absolute Gasteiger partial charge is 0.434 e. The lowest BCUT2D eigenvalue weighted by Gasteiger charge is -2.34. The standard InChI is InChI=1S/C22H19F3N6O/c23-22(24,25)17-10-29-18(11-28-17)30-15-8-13-9-16(15)31(12-13)21(32)20-19(26-6-7-27-20)14-4-2-1-3-5-14/h1-7,10-11,13,15-16H,8-9,12H2,(H,29,30)/t13-,15+,16-/m0/s1. The molecule has 2 aliphatic rings. The van der Waals surface area contributed by atoms with Gasteiger partial charge in [0.2, 0.25) is 0 Å². The first-order chi connectivity index (χ1) is 15.4. The van der Waals surface area contributed by atoms with Crippen LogP contribution in [-0.4, -0.2) is 49.4 Å². The van der Waals surface area contributed by atoms with Crippen LogP contribution in [0.25, 0.3) is 11.3 Å². The van der Waals surface area contributed by atoms with Crippen molar-refractivity contribution in [3.8, 4) is 11.3 Å². The summed E-state index contributed by atoms with van der Waals surface area (Å²) in [6.07, 6.45) is 1.95. The molecule has 0 spiro atoms. The summed E-state index contributed by atoms with van der Waals surface area (Å²) in [6.45, 7) is 0.616. The summed E-state index contributed by atoms with van der Waals surface area (Å²) in [5.74, 6) is 0.364. The third-order valence-electron chi connectivity index (χ3n) is 5.97. The van der Waals surface area contributed by atoms with E-state index in [9.17, 15) is 18.0 Å². The first-order valence-corrected chi connectivity index (χ1v) is 10.2. The van der Waals surface area contributed by atoms with Crippen molar-refractivity contribution in [1.82, 2.24) is 24.8 Å². The Labute approximate surface area is 181 Å². The Morgan fingerprint density at radius 2 is 1.78 bits per heavy atom. The van der Waals surface area contributed by atoms with E-state index in [1.54, 1.807) is 11.1 Å². The second kappa shape index (κ2) is 7.85. The second-order valence-corrected chi connectivity index (χ2v) is 8.02. The molecule has 0 unspecified atom stereocenters. The van der Waals surface area contributed by atoms with Crippen molar-refractivity contribution in [2.45, 2.75) is 31.1 Å². The fraction of sp³-hybridized carbons (Fsp3) is 0.318. The number of carbonyl (C=O) groups is 1. The molecule has 1 saturated heterocycles. The van der Waals surface area contributed by atoms with E-state index in [4.69, 9.17) is 0 Å². The summed E-state index contributed by atoms with van der Waals surface area (Å²) < 4.78 is 38.2. The minimum Gasteiger partial charge on any atom is -0.364 e. The molecule has 1 N–H and O–H groups in total. The summed E-state index contributed by atoms with van der Waals surface area (Å²) >= 11 is 0. The molecule has 0 radical (unpaired) electrons. The number of alkyl halides is 3. The fourth-order valence-electron chi connectivity index (χ4n) is 4.59. The Bertz CT molecular complexity index is 1120. The molecule has 3 heterocycles. The molecule has 2 aromatic heterocycles. The molecule has 2 bridgehead atoms. The predicted molar refractivity (Wildman–Crippen MR) is 109 cm³/mol. The Kier molecular flexibility index (Phi) is 4.99. The van der Waals surface area contributed by atoms with E-state index in [1.807, 2.05) is 30.3 Å². The zero-order valence-corrected chi connectivity index (χ0v) is 16.8. The van der Waals surface area contributed by atoms with E-state index in [0.29, 0.717) is 30.0 Å². The van der Waals surface area contributed by atoms with E-state index in [0.717, 1.165) is 24.6 Å². The molecule has 1 aliphatic heterocycles. The number of benzene rings is 1. The molecule has 5 rings (SSSR count). The Morgan fingerprint density at radius 3 is 2.47 bits per heavy atom. The maximum absolute atomic E-state index is 13.4. The van der Waals surface area contributed by atoms with Crippen LogP contribution in [0.3, 0.4) is 0 Å². The summed E-state index contributed by atoms with van der Waals surface area (Å²) in [5, 5.41) is 3.16. The molecule has 3 atom stereocenters. The van der Waals surface area contributed by atoms with Crippen molar-refractivity contribution in [2.75, 3.05) is 11.9 Å². The number of piperidine rings is 1. The highest BCUT2D eigenvalue weighted by Gasteiger charge is 2.47. The SMILES string of the molecule is O=C(c1nccnc1-c1ccccc1)N1C[C@H]2C[C@@H](Nc3cnc(C(F)(F)F)cn3)[C@@H]1C2. The van der Waals surface area contributed by atoms with Crippen LogP contribution < -0.4 is 5.32 Å². The van der Waals surface area contributed by atoms with Crippen LogP contribution in [0, 0.1) is 5.92 Å². The highest BCUT2D eigenvalue weighted by atomic mass is 19.4. The highest BCUT2D eigenvalue weighted by molar-refractivity contribution is 5.98. The fourth-order valence-corrected chi connectivity index (χ4v) is 4.59. The van der Waals surface area contributed by atoms with Crippen LogP contribution in [0.4, 0.5) is 19.0 Å². The van der Waals surface area contributed by atoms with Gasteiger partial charge in [-0.2, -0.15) is 13.2 Å². The number of rotatable bonds is 4. The number of anilines is 1. The lowest BCUT2D eigenvalue weighted by Crippen LogP contribution is -2.48. The smallest absolute Gasteiger partial charge is 0.364 e. The van der Waals surface area contributed by atoms with Gasteiger partial charge in [0.05, 0.1) is 18.4 Å². The number of aromatic nitrogens is 4.